The second kappa shape index (κ2) is 4.84. The fourth-order valence-electron chi connectivity index (χ4n) is 2.70. The zero-order valence-corrected chi connectivity index (χ0v) is 10.8. The topological polar surface area (TPSA) is 39.2 Å². The minimum Gasteiger partial charge on any atom is -0.495 e. The number of carbonyl (C=O) groups excluding carboxylic acids is 1. The molecule has 0 aliphatic heterocycles. The number of hydrogen-bond donors (Lipinski definition) is 0. The van der Waals surface area contributed by atoms with Gasteiger partial charge in [-0.1, -0.05) is 24.3 Å². The van der Waals surface area contributed by atoms with Crippen LogP contribution in [0.25, 0.3) is 0 Å². The number of fused-ring (bicyclic) bond motifs is 1. The molecule has 3 nitrogen and oxygen atoms in total. The lowest BCUT2D eigenvalue weighted by atomic mass is 9.93. The normalized spacial score (nSPS) is 17.0. The van der Waals surface area contributed by atoms with Gasteiger partial charge in [-0.2, -0.15) is 0 Å². The zero-order valence-electron chi connectivity index (χ0n) is 10.8. The minimum atomic E-state index is -0.0369. The van der Waals surface area contributed by atoms with Crippen molar-refractivity contribution in [2.24, 2.45) is 0 Å². The van der Waals surface area contributed by atoms with E-state index in [9.17, 15) is 4.79 Å². The molecule has 3 rings (SSSR count). The number of hydrogen-bond acceptors (Lipinski definition) is 3. The van der Waals surface area contributed by atoms with Crippen molar-refractivity contribution in [2.45, 2.75) is 18.8 Å². The van der Waals surface area contributed by atoms with E-state index in [-0.39, 0.29) is 11.7 Å². The maximum absolute atomic E-state index is 12.6. The van der Waals surface area contributed by atoms with Crippen LogP contribution in [0.15, 0.2) is 42.7 Å². The van der Waals surface area contributed by atoms with E-state index in [1.165, 1.54) is 5.56 Å². The summed E-state index contributed by atoms with van der Waals surface area (Å²) in [6.07, 6.45) is 5.09. The third kappa shape index (κ3) is 2.12. The van der Waals surface area contributed by atoms with Crippen molar-refractivity contribution in [3.8, 4) is 5.75 Å². The number of carbonyl (C=O) groups is 1. The van der Waals surface area contributed by atoms with Gasteiger partial charge in [-0.15, -0.1) is 0 Å². The summed E-state index contributed by atoms with van der Waals surface area (Å²) in [6, 6.07) is 9.94. The summed E-state index contributed by atoms with van der Waals surface area (Å²) in [6.45, 7) is 0. The number of ether oxygens (including phenoxy) is 1. The van der Waals surface area contributed by atoms with Gasteiger partial charge in [0, 0.05) is 17.7 Å². The average Bonchev–Trinajstić information content (AvgIpc) is 2.90. The maximum Gasteiger partial charge on any atom is 0.172 e. The van der Waals surface area contributed by atoms with Crippen LogP contribution in [0.2, 0.25) is 0 Å². The lowest BCUT2D eigenvalue weighted by Crippen LogP contribution is -2.10. The molecule has 19 heavy (non-hydrogen) atoms. The maximum atomic E-state index is 12.6. The second-order valence-corrected chi connectivity index (χ2v) is 4.77. The van der Waals surface area contributed by atoms with E-state index in [1.807, 2.05) is 12.1 Å². The summed E-state index contributed by atoms with van der Waals surface area (Å²) in [4.78, 5) is 16.6. The van der Waals surface area contributed by atoms with E-state index in [0.29, 0.717) is 11.3 Å². The Balaban J connectivity index is 1.93. The molecule has 1 atom stereocenters. The molecule has 3 heteroatoms. The quantitative estimate of drug-likeness (QED) is 0.789. The highest BCUT2D eigenvalue weighted by Gasteiger charge is 2.29. The number of nitrogens with zero attached hydrogens (tertiary/aromatic N) is 1. The van der Waals surface area contributed by atoms with Gasteiger partial charge in [0.05, 0.1) is 13.3 Å². The first-order valence-electron chi connectivity index (χ1n) is 6.40. The van der Waals surface area contributed by atoms with Crippen LogP contribution < -0.4 is 4.74 Å². The van der Waals surface area contributed by atoms with Gasteiger partial charge < -0.3 is 4.74 Å². The van der Waals surface area contributed by atoms with E-state index >= 15 is 0 Å². The molecule has 0 amide bonds. The molecule has 0 fully saturated rings. The average molecular weight is 253 g/mol. The van der Waals surface area contributed by atoms with Gasteiger partial charge in [0.1, 0.15) is 5.75 Å². The first kappa shape index (κ1) is 11.9. The van der Waals surface area contributed by atoms with E-state index in [0.717, 1.165) is 18.4 Å². The minimum absolute atomic E-state index is 0.0369. The van der Waals surface area contributed by atoms with Crippen molar-refractivity contribution in [3.05, 3.63) is 59.4 Å². The van der Waals surface area contributed by atoms with E-state index < -0.39 is 0 Å². The van der Waals surface area contributed by atoms with Crippen molar-refractivity contribution >= 4 is 5.78 Å². The molecule has 1 aromatic carbocycles. The molecule has 1 aliphatic rings. The Labute approximate surface area is 112 Å². The molecule has 96 valence electrons. The summed E-state index contributed by atoms with van der Waals surface area (Å²) in [5.41, 5.74) is 3.08. The number of Topliss-reactive ketones (excluding diaryl/α,β-unsaturated/α-hetero) is 1. The molecule has 0 saturated carbocycles. The van der Waals surface area contributed by atoms with E-state index in [2.05, 4.69) is 17.1 Å². The molecule has 0 N–H and O–H groups in total. The molecule has 0 saturated heterocycles. The summed E-state index contributed by atoms with van der Waals surface area (Å²) >= 11 is 0. The first-order chi connectivity index (χ1) is 9.29. The molecule has 0 radical (unpaired) electrons. The lowest BCUT2D eigenvalue weighted by Gasteiger charge is -2.10. The van der Waals surface area contributed by atoms with Crippen LogP contribution >= 0.6 is 0 Å². The first-order valence-corrected chi connectivity index (χ1v) is 6.40. The molecule has 1 aromatic heterocycles. The molecule has 1 unspecified atom stereocenters. The predicted octanol–water partition coefficient (Wildman–Crippen LogP) is 3.00. The number of aromatic nitrogens is 1. The van der Waals surface area contributed by atoms with Crippen LogP contribution in [0, 0.1) is 0 Å². The van der Waals surface area contributed by atoms with Gasteiger partial charge in [-0.3, -0.25) is 9.78 Å². The Morgan fingerprint density at radius 1 is 1.32 bits per heavy atom. The van der Waals surface area contributed by atoms with Crippen LogP contribution in [-0.2, 0) is 6.42 Å². The Bertz CT molecular complexity index is 622. The van der Waals surface area contributed by atoms with Gasteiger partial charge in [-0.25, -0.2) is 0 Å². The Hall–Kier alpha value is -2.16. The van der Waals surface area contributed by atoms with Crippen molar-refractivity contribution < 1.29 is 9.53 Å². The number of rotatable bonds is 3. The SMILES string of the molecule is COc1cncc(C(=O)C2CCc3ccccc32)c1. The van der Waals surface area contributed by atoms with Crippen molar-refractivity contribution in [2.75, 3.05) is 7.11 Å². The Morgan fingerprint density at radius 2 is 2.16 bits per heavy atom. The smallest absolute Gasteiger partial charge is 0.172 e. The van der Waals surface area contributed by atoms with Crippen molar-refractivity contribution in [1.82, 2.24) is 4.98 Å². The number of aryl methyl sites for hydroxylation is 1. The summed E-state index contributed by atoms with van der Waals surface area (Å²) < 4.78 is 5.12. The molecule has 0 spiro atoms. The molecule has 2 aromatic rings. The third-order valence-electron chi connectivity index (χ3n) is 3.68. The van der Waals surface area contributed by atoms with E-state index in [4.69, 9.17) is 4.74 Å². The summed E-state index contributed by atoms with van der Waals surface area (Å²) in [5, 5.41) is 0. The number of methoxy groups -OCH3 is 1. The third-order valence-corrected chi connectivity index (χ3v) is 3.68. The lowest BCUT2D eigenvalue weighted by molar-refractivity contribution is 0.0959. The van der Waals surface area contributed by atoms with Crippen LogP contribution in [0.1, 0.15) is 33.8 Å². The molecule has 1 aliphatic carbocycles. The number of pyridine rings is 1. The van der Waals surface area contributed by atoms with Gasteiger partial charge >= 0.3 is 0 Å². The zero-order chi connectivity index (χ0) is 13.2. The Morgan fingerprint density at radius 3 is 3.00 bits per heavy atom. The molecular weight excluding hydrogens is 238 g/mol. The molecule has 1 heterocycles. The fraction of sp³-hybridized carbons (Fsp3) is 0.250. The number of ketones is 1. The van der Waals surface area contributed by atoms with Crippen LogP contribution in [0.4, 0.5) is 0 Å². The molecular formula is C16H15NO2. The van der Waals surface area contributed by atoms with Gasteiger partial charge in [0.15, 0.2) is 5.78 Å². The summed E-state index contributed by atoms with van der Waals surface area (Å²) in [5.74, 6) is 0.721. The van der Waals surface area contributed by atoms with Gasteiger partial charge in [0.2, 0.25) is 0 Å². The van der Waals surface area contributed by atoms with Crippen molar-refractivity contribution in [1.29, 1.82) is 0 Å². The van der Waals surface area contributed by atoms with Crippen LogP contribution in [0.5, 0.6) is 5.75 Å². The highest BCUT2D eigenvalue weighted by molar-refractivity contribution is 6.01. The van der Waals surface area contributed by atoms with Crippen LogP contribution in [0.3, 0.4) is 0 Å². The van der Waals surface area contributed by atoms with Gasteiger partial charge in [-0.05, 0) is 30.0 Å². The van der Waals surface area contributed by atoms with E-state index in [1.54, 1.807) is 25.6 Å². The largest absolute Gasteiger partial charge is 0.495 e. The number of benzene rings is 1. The highest BCUT2D eigenvalue weighted by atomic mass is 16.5. The van der Waals surface area contributed by atoms with Crippen molar-refractivity contribution in [3.63, 3.8) is 0 Å². The molecule has 0 bridgehead atoms. The van der Waals surface area contributed by atoms with Crippen LogP contribution in [-0.4, -0.2) is 17.9 Å². The Kier molecular flexibility index (Phi) is 3.03. The van der Waals surface area contributed by atoms with Gasteiger partial charge in [0.25, 0.3) is 0 Å². The predicted molar refractivity (Wildman–Crippen MR) is 72.6 cm³/mol. The standard InChI is InChI=1S/C16H15NO2/c1-19-13-8-12(9-17-10-13)16(18)15-7-6-11-4-2-3-5-14(11)15/h2-5,8-10,15H,6-7H2,1H3. The monoisotopic (exact) mass is 253 g/mol. The highest BCUT2D eigenvalue weighted by Crippen LogP contribution is 2.35. The fourth-order valence-corrected chi connectivity index (χ4v) is 2.70. The summed E-state index contributed by atoms with van der Waals surface area (Å²) in [7, 11) is 1.58. The second-order valence-electron chi connectivity index (χ2n) is 4.77.